The second kappa shape index (κ2) is 5.21. The van der Waals surface area contributed by atoms with Gasteiger partial charge < -0.3 is 11.1 Å². The van der Waals surface area contributed by atoms with Crippen LogP contribution in [0.2, 0.25) is 0 Å². The van der Waals surface area contributed by atoms with Gasteiger partial charge in [-0.1, -0.05) is 11.3 Å². The number of thiazole rings is 1. The van der Waals surface area contributed by atoms with E-state index in [1.54, 1.807) is 6.20 Å². The van der Waals surface area contributed by atoms with Crippen LogP contribution < -0.4 is 11.1 Å². The van der Waals surface area contributed by atoms with Crippen LogP contribution in [0.1, 0.15) is 13.8 Å². The van der Waals surface area contributed by atoms with E-state index in [-0.39, 0.29) is 11.9 Å². The van der Waals surface area contributed by atoms with E-state index in [0.717, 1.165) is 4.21 Å². The summed E-state index contributed by atoms with van der Waals surface area (Å²) in [7, 11) is 0. The minimum absolute atomic E-state index is 0.0389. The summed E-state index contributed by atoms with van der Waals surface area (Å²) >= 11 is 2.85. The van der Waals surface area contributed by atoms with Crippen LogP contribution in [-0.4, -0.2) is 22.7 Å². The van der Waals surface area contributed by atoms with Crippen molar-refractivity contribution in [2.24, 2.45) is 0 Å². The SMILES string of the molecule is CC(C)NC(=O)CSc1cnc(N)s1. The topological polar surface area (TPSA) is 68.0 Å². The number of carbonyl (C=O) groups excluding carboxylic acids is 1. The highest BCUT2D eigenvalue weighted by Crippen LogP contribution is 2.25. The van der Waals surface area contributed by atoms with Crippen molar-refractivity contribution < 1.29 is 4.79 Å². The summed E-state index contributed by atoms with van der Waals surface area (Å²) in [6.45, 7) is 3.88. The largest absolute Gasteiger partial charge is 0.375 e. The molecule has 0 saturated carbocycles. The summed E-state index contributed by atoms with van der Waals surface area (Å²) < 4.78 is 0.974. The second-order valence-corrected chi connectivity index (χ2v) is 5.37. The molecule has 0 aromatic carbocycles. The highest BCUT2D eigenvalue weighted by molar-refractivity contribution is 8.01. The van der Waals surface area contributed by atoms with E-state index >= 15 is 0 Å². The number of nitrogens with two attached hydrogens (primary N) is 1. The monoisotopic (exact) mass is 231 g/mol. The van der Waals surface area contributed by atoms with Crippen LogP contribution in [0.5, 0.6) is 0 Å². The lowest BCUT2D eigenvalue weighted by atomic mass is 10.4. The molecule has 78 valence electrons. The van der Waals surface area contributed by atoms with Gasteiger partial charge >= 0.3 is 0 Å². The van der Waals surface area contributed by atoms with Crippen LogP contribution in [0.25, 0.3) is 0 Å². The number of hydrogen-bond acceptors (Lipinski definition) is 5. The first-order valence-electron chi connectivity index (χ1n) is 4.21. The van der Waals surface area contributed by atoms with Gasteiger partial charge in [0.15, 0.2) is 5.13 Å². The van der Waals surface area contributed by atoms with Crippen molar-refractivity contribution in [3.8, 4) is 0 Å². The maximum atomic E-state index is 11.3. The molecule has 4 nitrogen and oxygen atoms in total. The normalized spacial score (nSPS) is 10.5. The van der Waals surface area contributed by atoms with Crippen molar-refractivity contribution in [3.05, 3.63) is 6.20 Å². The predicted molar refractivity (Wildman–Crippen MR) is 60.5 cm³/mol. The number of nitrogen functional groups attached to an aromatic ring is 1. The number of nitrogens with zero attached hydrogens (tertiary/aromatic N) is 1. The molecule has 3 N–H and O–H groups in total. The van der Waals surface area contributed by atoms with Crippen LogP contribution in [0.4, 0.5) is 5.13 Å². The third-order valence-electron chi connectivity index (χ3n) is 1.30. The molecule has 0 fully saturated rings. The average molecular weight is 231 g/mol. The van der Waals surface area contributed by atoms with E-state index in [1.165, 1.54) is 23.1 Å². The standard InChI is InChI=1S/C8H13N3OS2/c1-5(2)11-6(12)4-13-7-3-10-8(9)14-7/h3,5H,4H2,1-2H3,(H2,9,10)(H,11,12). The quantitative estimate of drug-likeness (QED) is 0.767. The van der Waals surface area contributed by atoms with Gasteiger partial charge in [0.1, 0.15) is 0 Å². The minimum atomic E-state index is 0.0389. The number of nitrogens with one attached hydrogen (secondary N) is 1. The van der Waals surface area contributed by atoms with Crippen LogP contribution in [0, 0.1) is 0 Å². The van der Waals surface area contributed by atoms with Crippen LogP contribution in [0.3, 0.4) is 0 Å². The van der Waals surface area contributed by atoms with E-state index in [1.807, 2.05) is 13.8 Å². The first-order chi connectivity index (χ1) is 6.58. The van der Waals surface area contributed by atoms with Gasteiger partial charge in [0.05, 0.1) is 16.2 Å². The van der Waals surface area contributed by atoms with E-state index in [0.29, 0.717) is 10.9 Å². The Kier molecular flexibility index (Phi) is 4.21. The first kappa shape index (κ1) is 11.3. The van der Waals surface area contributed by atoms with E-state index in [4.69, 9.17) is 5.73 Å². The molecule has 1 aromatic rings. The Bertz CT molecular complexity index is 311. The van der Waals surface area contributed by atoms with Gasteiger partial charge in [0, 0.05) is 6.04 Å². The molecule has 1 aromatic heterocycles. The maximum absolute atomic E-state index is 11.3. The second-order valence-electron chi connectivity index (χ2n) is 3.03. The summed E-state index contributed by atoms with van der Waals surface area (Å²) in [6, 6.07) is 0.189. The zero-order valence-corrected chi connectivity index (χ0v) is 9.74. The summed E-state index contributed by atoms with van der Waals surface area (Å²) in [5.41, 5.74) is 5.46. The zero-order valence-electron chi connectivity index (χ0n) is 8.11. The van der Waals surface area contributed by atoms with E-state index in [9.17, 15) is 4.79 Å². The zero-order chi connectivity index (χ0) is 10.6. The fourth-order valence-electron chi connectivity index (χ4n) is 0.839. The van der Waals surface area contributed by atoms with Gasteiger partial charge in [-0.15, -0.1) is 11.8 Å². The van der Waals surface area contributed by atoms with E-state index < -0.39 is 0 Å². The Balaban J connectivity index is 2.30. The highest BCUT2D eigenvalue weighted by atomic mass is 32.2. The number of rotatable bonds is 4. The fraction of sp³-hybridized carbons (Fsp3) is 0.500. The molecule has 1 heterocycles. The Morgan fingerprint density at radius 1 is 1.79 bits per heavy atom. The van der Waals surface area contributed by atoms with Gasteiger partial charge in [0.2, 0.25) is 5.91 Å². The molecule has 6 heteroatoms. The smallest absolute Gasteiger partial charge is 0.230 e. The Morgan fingerprint density at radius 3 is 3.00 bits per heavy atom. The third kappa shape index (κ3) is 3.97. The van der Waals surface area contributed by atoms with Crippen LogP contribution in [0.15, 0.2) is 10.4 Å². The molecule has 0 saturated heterocycles. The Morgan fingerprint density at radius 2 is 2.50 bits per heavy atom. The molecule has 0 spiro atoms. The molecule has 0 bridgehead atoms. The van der Waals surface area contributed by atoms with Gasteiger partial charge in [-0.05, 0) is 13.8 Å². The summed E-state index contributed by atoms with van der Waals surface area (Å²) in [5, 5.41) is 3.35. The molecular weight excluding hydrogens is 218 g/mol. The lowest BCUT2D eigenvalue weighted by Gasteiger charge is -2.06. The van der Waals surface area contributed by atoms with Crippen LogP contribution >= 0.6 is 23.1 Å². The van der Waals surface area contributed by atoms with Gasteiger partial charge in [-0.25, -0.2) is 4.98 Å². The third-order valence-corrected chi connectivity index (χ3v) is 3.32. The van der Waals surface area contributed by atoms with Gasteiger partial charge in [0.25, 0.3) is 0 Å². The first-order valence-corrected chi connectivity index (χ1v) is 6.01. The number of anilines is 1. The molecular formula is C8H13N3OS2. The molecule has 0 atom stereocenters. The van der Waals surface area contributed by atoms with Crippen LogP contribution in [-0.2, 0) is 4.79 Å². The Labute approximate surface area is 91.3 Å². The molecule has 1 rings (SSSR count). The minimum Gasteiger partial charge on any atom is -0.375 e. The van der Waals surface area contributed by atoms with Crippen molar-refractivity contribution in [2.45, 2.75) is 24.1 Å². The molecule has 0 unspecified atom stereocenters. The summed E-state index contributed by atoms with van der Waals surface area (Å²) in [5.74, 6) is 0.455. The van der Waals surface area contributed by atoms with Crippen molar-refractivity contribution in [3.63, 3.8) is 0 Å². The molecule has 1 amide bonds. The molecule has 0 aliphatic rings. The number of aromatic nitrogens is 1. The van der Waals surface area contributed by atoms with Crippen molar-refractivity contribution in [2.75, 3.05) is 11.5 Å². The summed E-state index contributed by atoms with van der Waals surface area (Å²) in [6.07, 6.45) is 1.69. The average Bonchev–Trinajstić information content (AvgIpc) is 2.47. The van der Waals surface area contributed by atoms with E-state index in [2.05, 4.69) is 10.3 Å². The molecule has 0 radical (unpaired) electrons. The maximum Gasteiger partial charge on any atom is 0.230 e. The molecule has 14 heavy (non-hydrogen) atoms. The highest BCUT2D eigenvalue weighted by Gasteiger charge is 2.05. The van der Waals surface area contributed by atoms with Crippen molar-refractivity contribution in [1.82, 2.24) is 10.3 Å². The summed E-state index contributed by atoms with van der Waals surface area (Å²) in [4.78, 5) is 15.2. The number of carbonyl (C=O) groups is 1. The molecule has 0 aliphatic carbocycles. The van der Waals surface area contributed by atoms with Gasteiger partial charge in [-0.3, -0.25) is 4.79 Å². The molecule has 0 aliphatic heterocycles. The number of hydrogen-bond donors (Lipinski definition) is 2. The van der Waals surface area contributed by atoms with Crippen molar-refractivity contribution in [1.29, 1.82) is 0 Å². The number of amides is 1. The lowest BCUT2D eigenvalue weighted by Crippen LogP contribution is -2.31. The number of thioether (sulfide) groups is 1. The Hall–Kier alpha value is -0.750. The fourth-order valence-corrected chi connectivity index (χ4v) is 2.41. The predicted octanol–water partition coefficient (Wildman–Crippen LogP) is 1.34. The van der Waals surface area contributed by atoms with Crippen molar-refractivity contribution >= 4 is 34.1 Å². The lowest BCUT2D eigenvalue weighted by molar-refractivity contribution is -0.119. The van der Waals surface area contributed by atoms with Gasteiger partial charge in [-0.2, -0.15) is 0 Å².